The average Bonchev–Trinajstić information content (AvgIpc) is 3.36. The molecule has 0 radical (unpaired) electrons. The first-order chi connectivity index (χ1) is 17.2. The van der Waals surface area contributed by atoms with Gasteiger partial charge >= 0.3 is 0 Å². The maximum Gasteiger partial charge on any atom is 0.258 e. The Morgan fingerprint density at radius 1 is 0.971 bits per heavy atom. The molecule has 5 nitrogen and oxygen atoms in total. The lowest BCUT2D eigenvalue weighted by molar-refractivity contribution is -0.113. The van der Waals surface area contributed by atoms with E-state index in [0.717, 1.165) is 49.5 Å². The summed E-state index contributed by atoms with van der Waals surface area (Å²) in [7, 11) is 0. The van der Waals surface area contributed by atoms with Gasteiger partial charge in [0.1, 0.15) is 6.29 Å². The van der Waals surface area contributed by atoms with Crippen LogP contribution >= 0.6 is 0 Å². The van der Waals surface area contributed by atoms with E-state index in [1.54, 1.807) is 0 Å². The summed E-state index contributed by atoms with van der Waals surface area (Å²) in [5.41, 5.74) is 8.21. The predicted molar refractivity (Wildman–Crippen MR) is 137 cm³/mol. The van der Waals surface area contributed by atoms with Crippen molar-refractivity contribution in [3.63, 3.8) is 0 Å². The number of carbonyl (C=O) groups excluding carboxylic acids is 1. The van der Waals surface area contributed by atoms with Crippen molar-refractivity contribution in [1.29, 1.82) is 0 Å². The Labute approximate surface area is 205 Å². The number of aryl methyl sites for hydroxylation is 2. The van der Waals surface area contributed by atoms with Crippen molar-refractivity contribution in [2.24, 2.45) is 5.92 Å². The zero-order valence-corrected chi connectivity index (χ0v) is 19.9. The van der Waals surface area contributed by atoms with Crippen LogP contribution in [0.25, 0.3) is 34.0 Å². The number of hydrogen-bond donors (Lipinski definition) is 1. The molecule has 176 valence electrons. The molecule has 1 aromatic heterocycles. The van der Waals surface area contributed by atoms with E-state index in [2.05, 4.69) is 72.0 Å². The summed E-state index contributed by atoms with van der Waals surface area (Å²) < 4.78 is 5.66. The summed E-state index contributed by atoms with van der Waals surface area (Å²) in [5.74, 6) is 1.40. The molecule has 0 bridgehead atoms. The maximum atomic E-state index is 10.9. The number of carbonyl (C=O) groups is 1. The Balaban J connectivity index is 1.21. The number of fused-ring (bicyclic) bond motifs is 1. The summed E-state index contributed by atoms with van der Waals surface area (Å²) in [6.07, 6.45) is 6.38. The van der Waals surface area contributed by atoms with Crippen LogP contribution in [0.5, 0.6) is 0 Å². The Morgan fingerprint density at radius 3 is 2.60 bits per heavy atom. The molecule has 0 amide bonds. The molecule has 0 saturated heterocycles. The second-order valence-electron chi connectivity index (χ2n) is 9.91. The minimum atomic E-state index is 0.240. The van der Waals surface area contributed by atoms with Crippen LogP contribution in [0.15, 0.2) is 71.3 Å². The van der Waals surface area contributed by atoms with Crippen molar-refractivity contribution >= 4 is 6.29 Å². The molecule has 0 unspecified atom stereocenters. The molecule has 1 fully saturated rings. The highest BCUT2D eigenvalue weighted by molar-refractivity contribution is 5.71. The van der Waals surface area contributed by atoms with Crippen LogP contribution in [0, 0.1) is 12.8 Å². The minimum Gasteiger partial charge on any atom is -0.334 e. The van der Waals surface area contributed by atoms with E-state index in [1.165, 1.54) is 27.8 Å². The fraction of sp³-hybridized carbons (Fsp3) is 0.300. The minimum absolute atomic E-state index is 0.240. The fourth-order valence-electron chi connectivity index (χ4n) is 5.52. The van der Waals surface area contributed by atoms with E-state index in [4.69, 9.17) is 9.51 Å². The van der Waals surface area contributed by atoms with Crippen molar-refractivity contribution in [3.05, 3.63) is 83.4 Å². The second-order valence-corrected chi connectivity index (χ2v) is 9.91. The lowest BCUT2D eigenvalue weighted by atomic mass is 9.79. The Morgan fingerprint density at radius 2 is 1.80 bits per heavy atom. The summed E-state index contributed by atoms with van der Waals surface area (Å²) in [6, 6.07) is 24.0. The van der Waals surface area contributed by atoms with Gasteiger partial charge in [-0.1, -0.05) is 53.7 Å². The molecule has 1 saturated carbocycles. The molecule has 6 rings (SSSR count). The van der Waals surface area contributed by atoms with Gasteiger partial charge in [-0.2, -0.15) is 4.98 Å². The number of nitrogens with one attached hydrogen (secondary N) is 1. The van der Waals surface area contributed by atoms with E-state index in [1.807, 2.05) is 12.1 Å². The largest absolute Gasteiger partial charge is 0.334 e. The van der Waals surface area contributed by atoms with Gasteiger partial charge < -0.3 is 14.6 Å². The smallest absolute Gasteiger partial charge is 0.258 e. The zero-order valence-electron chi connectivity index (χ0n) is 19.9. The molecule has 0 aliphatic heterocycles. The quantitative estimate of drug-likeness (QED) is 0.339. The zero-order chi connectivity index (χ0) is 23.8. The van der Waals surface area contributed by atoms with E-state index >= 15 is 0 Å². The highest BCUT2D eigenvalue weighted by Crippen LogP contribution is 2.36. The van der Waals surface area contributed by atoms with Crippen molar-refractivity contribution < 1.29 is 9.32 Å². The molecule has 2 aliphatic rings. The van der Waals surface area contributed by atoms with Crippen molar-refractivity contribution in [1.82, 2.24) is 15.5 Å². The Hall–Kier alpha value is -3.57. The van der Waals surface area contributed by atoms with Gasteiger partial charge in [-0.15, -0.1) is 0 Å². The molecule has 4 aromatic rings. The third-order valence-corrected chi connectivity index (χ3v) is 7.50. The van der Waals surface area contributed by atoms with Crippen molar-refractivity contribution in [2.75, 3.05) is 0 Å². The van der Waals surface area contributed by atoms with Gasteiger partial charge in [0.05, 0.1) is 0 Å². The highest BCUT2D eigenvalue weighted by atomic mass is 16.5. The molecule has 3 aromatic carbocycles. The lowest BCUT2D eigenvalue weighted by Gasteiger charge is -2.37. The normalized spacial score (nSPS) is 21.2. The summed E-state index contributed by atoms with van der Waals surface area (Å²) in [6.45, 7) is 2.11. The first-order valence-corrected chi connectivity index (χ1v) is 12.5. The predicted octanol–water partition coefficient (Wildman–Crippen LogP) is 6.32. The summed E-state index contributed by atoms with van der Waals surface area (Å²) in [4.78, 5) is 15.7. The SMILES string of the molecule is Cc1cc(-c2nc(-c3ccc4c(c3)CCC[C@H]4NC3CC(C=O)C3)no2)ccc1-c1ccccc1. The van der Waals surface area contributed by atoms with Crippen LogP contribution in [0.1, 0.15) is 48.4 Å². The van der Waals surface area contributed by atoms with Crippen LogP contribution in [0.3, 0.4) is 0 Å². The second kappa shape index (κ2) is 9.23. The highest BCUT2D eigenvalue weighted by Gasteiger charge is 2.32. The third kappa shape index (κ3) is 4.32. The molecule has 0 spiro atoms. The average molecular weight is 464 g/mol. The van der Waals surface area contributed by atoms with E-state index < -0.39 is 0 Å². The Bertz CT molecular complexity index is 1360. The monoisotopic (exact) mass is 463 g/mol. The first-order valence-electron chi connectivity index (χ1n) is 12.5. The molecule has 2 aliphatic carbocycles. The van der Waals surface area contributed by atoms with E-state index in [9.17, 15) is 4.79 Å². The number of hydrogen-bond acceptors (Lipinski definition) is 5. The Kier molecular flexibility index (Phi) is 5.78. The van der Waals surface area contributed by atoms with Gasteiger partial charge in [0.25, 0.3) is 5.89 Å². The standard InChI is InChI=1S/C30H29N3O2/c1-19-14-24(11-12-26(19)21-6-3-2-4-7-21)30-32-29(33-35-30)23-10-13-27-22(17-23)8-5-9-28(27)31-25-15-20(16-25)18-34/h2-4,6-7,10-14,17-18,20,25,28,31H,5,8-9,15-16H2,1H3/t20?,25?,28-/m1/s1. The van der Waals surface area contributed by atoms with Gasteiger partial charge in [-0.25, -0.2) is 0 Å². The lowest BCUT2D eigenvalue weighted by Crippen LogP contribution is -2.44. The van der Waals surface area contributed by atoms with Crippen LogP contribution in [0.4, 0.5) is 0 Å². The third-order valence-electron chi connectivity index (χ3n) is 7.50. The summed E-state index contributed by atoms with van der Waals surface area (Å²) in [5, 5.41) is 8.07. The van der Waals surface area contributed by atoms with Gasteiger partial charge in [-0.3, -0.25) is 0 Å². The van der Waals surface area contributed by atoms with Crippen LogP contribution in [0.2, 0.25) is 0 Å². The van der Waals surface area contributed by atoms with Crippen LogP contribution in [-0.4, -0.2) is 22.5 Å². The number of benzene rings is 3. The molecule has 1 atom stereocenters. The van der Waals surface area contributed by atoms with Crippen LogP contribution in [-0.2, 0) is 11.2 Å². The van der Waals surface area contributed by atoms with E-state index in [-0.39, 0.29) is 5.92 Å². The van der Waals surface area contributed by atoms with Crippen molar-refractivity contribution in [2.45, 2.75) is 51.1 Å². The van der Waals surface area contributed by atoms with Gasteiger partial charge in [0, 0.05) is 29.1 Å². The number of aromatic nitrogens is 2. The van der Waals surface area contributed by atoms with E-state index in [0.29, 0.717) is 23.8 Å². The van der Waals surface area contributed by atoms with Crippen molar-refractivity contribution in [3.8, 4) is 34.0 Å². The number of aldehydes is 1. The van der Waals surface area contributed by atoms with Gasteiger partial charge in [0.2, 0.25) is 5.82 Å². The first kappa shape index (κ1) is 21.9. The molecular formula is C30H29N3O2. The summed E-state index contributed by atoms with van der Waals surface area (Å²) >= 11 is 0. The van der Waals surface area contributed by atoms with Crippen LogP contribution < -0.4 is 5.32 Å². The maximum absolute atomic E-state index is 10.9. The fourth-order valence-corrected chi connectivity index (χ4v) is 5.52. The molecule has 1 N–H and O–H groups in total. The molecular weight excluding hydrogens is 434 g/mol. The topological polar surface area (TPSA) is 68.0 Å². The molecule has 35 heavy (non-hydrogen) atoms. The van der Waals surface area contributed by atoms with Gasteiger partial charge in [0.15, 0.2) is 0 Å². The number of nitrogens with zero attached hydrogens (tertiary/aromatic N) is 2. The molecule has 5 heteroatoms. The van der Waals surface area contributed by atoms with Gasteiger partial charge in [-0.05, 0) is 85.0 Å². The number of rotatable bonds is 6. The molecule has 1 heterocycles.